The van der Waals surface area contributed by atoms with Crippen LogP contribution < -0.4 is 11.1 Å². The smallest absolute Gasteiger partial charge is 0.314 e. The van der Waals surface area contributed by atoms with Gasteiger partial charge in [-0.3, -0.25) is 0 Å². The van der Waals surface area contributed by atoms with Crippen molar-refractivity contribution in [3.05, 3.63) is 0 Å². The highest BCUT2D eigenvalue weighted by Crippen LogP contribution is 2.23. The lowest BCUT2D eigenvalue weighted by atomic mass is 9.85. The molecule has 1 rings (SSSR count). The van der Waals surface area contributed by atoms with Crippen molar-refractivity contribution in [3.8, 4) is 0 Å². The number of hydrogen-bond donors (Lipinski definition) is 2. The zero-order valence-electron chi connectivity index (χ0n) is 10.7. The van der Waals surface area contributed by atoms with Gasteiger partial charge in [0.15, 0.2) is 0 Å². The van der Waals surface area contributed by atoms with Crippen LogP contribution in [0.2, 0.25) is 0 Å². The number of likely N-dealkylation sites (tertiary alicyclic amines) is 1. The van der Waals surface area contributed by atoms with Crippen molar-refractivity contribution in [2.45, 2.75) is 39.7 Å². The molecule has 94 valence electrons. The van der Waals surface area contributed by atoms with Gasteiger partial charge in [0, 0.05) is 19.1 Å². The zero-order chi connectivity index (χ0) is 12.1. The Balaban J connectivity index is 2.55. The van der Waals surface area contributed by atoms with Gasteiger partial charge in [-0.15, -0.1) is 0 Å². The van der Waals surface area contributed by atoms with Gasteiger partial charge in [0.05, 0.1) is 0 Å². The number of rotatable bonds is 4. The predicted octanol–water partition coefficient (Wildman–Crippen LogP) is 1.41. The van der Waals surface area contributed by atoms with Crippen molar-refractivity contribution in [2.75, 3.05) is 19.6 Å². The van der Waals surface area contributed by atoms with Crippen molar-refractivity contribution in [1.82, 2.24) is 10.2 Å². The van der Waals surface area contributed by atoms with Crippen molar-refractivity contribution in [3.63, 3.8) is 0 Å². The second-order valence-electron chi connectivity index (χ2n) is 5.13. The Bertz CT molecular complexity index is 230. The normalized spacial score (nSPS) is 26.1. The van der Waals surface area contributed by atoms with E-state index in [0.717, 1.165) is 32.5 Å². The molecule has 1 saturated heterocycles. The molecular formula is C12H25N3O. The summed E-state index contributed by atoms with van der Waals surface area (Å²) in [5.74, 6) is 1.17. The number of nitrogens with two attached hydrogens (primary N) is 1. The average Bonchev–Trinajstić information content (AvgIpc) is 2.25. The molecule has 1 aliphatic heterocycles. The number of urea groups is 1. The molecule has 1 aliphatic rings. The van der Waals surface area contributed by atoms with E-state index in [2.05, 4.69) is 26.1 Å². The molecule has 0 radical (unpaired) electrons. The first-order valence-corrected chi connectivity index (χ1v) is 6.32. The summed E-state index contributed by atoms with van der Waals surface area (Å²) in [5.41, 5.74) is 5.38. The fourth-order valence-corrected chi connectivity index (χ4v) is 2.30. The quantitative estimate of drug-likeness (QED) is 0.763. The first kappa shape index (κ1) is 13.3. The minimum absolute atomic E-state index is 0.284. The Morgan fingerprint density at radius 1 is 1.50 bits per heavy atom. The van der Waals surface area contributed by atoms with E-state index in [-0.39, 0.29) is 6.03 Å². The highest BCUT2D eigenvalue weighted by atomic mass is 16.2. The molecule has 2 unspecified atom stereocenters. The number of nitrogens with zero attached hydrogens (tertiary/aromatic N) is 1. The number of carbonyl (C=O) groups is 1. The summed E-state index contributed by atoms with van der Waals surface area (Å²) in [7, 11) is 0. The van der Waals surface area contributed by atoms with Gasteiger partial charge >= 0.3 is 6.03 Å². The Hall–Kier alpha value is -0.770. The molecule has 0 saturated carbocycles. The van der Waals surface area contributed by atoms with Gasteiger partial charge in [0.1, 0.15) is 0 Å². The average molecular weight is 227 g/mol. The second-order valence-corrected chi connectivity index (χ2v) is 5.13. The van der Waals surface area contributed by atoms with E-state index in [0.29, 0.717) is 17.9 Å². The van der Waals surface area contributed by atoms with Crippen molar-refractivity contribution < 1.29 is 4.79 Å². The molecule has 0 aliphatic carbocycles. The molecule has 1 fully saturated rings. The highest BCUT2D eigenvalue weighted by molar-refractivity contribution is 5.72. The van der Waals surface area contributed by atoms with Crippen LogP contribution in [0.15, 0.2) is 0 Å². The van der Waals surface area contributed by atoms with Crippen LogP contribution in [0.5, 0.6) is 0 Å². The van der Waals surface area contributed by atoms with E-state index < -0.39 is 0 Å². The highest BCUT2D eigenvalue weighted by Gasteiger charge is 2.30. The van der Waals surface area contributed by atoms with E-state index in [1.165, 1.54) is 0 Å². The zero-order valence-corrected chi connectivity index (χ0v) is 10.7. The van der Waals surface area contributed by atoms with Gasteiger partial charge < -0.3 is 16.0 Å². The second kappa shape index (κ2) is 6.09. The lowest BCUT2D eigenvalue weighted by Gasteiger charge is -2.39. The number of primary amides is 1. The molecule has 1 heterocycles. The molecule has 16 heavy (non-hydrogen) atoms. The fourth-order valence-electron chi connectivity index (χ4n) is 2.30. The predicted molar refractivity (Wildman–Crippen MR) is 66.2 cm³/mol. The summed E-state index contributed by atoms with van der Waals surface area (Å²) in [6, 6.07) is 0.127. The molecule has 0 aromatic heterocycles. The monoisotopic (exact) mass is 227 g/mol. The summed E-state index contributed by atoms with van der Waals surface area (Å²) in [6.07, 6.45) is 2.28. The van der Waals surface area contributed by atoms with Gasteiger partial charge in [-0.1, -0.05) is 20.8 Å². The maximum Gasteiger partial charge on any atom is 0.314 e. The Morgan fingerprint density at radius 2 is 2.19 bits per heavy atom. The molecule has 0 spiro atoms. The molecule has 4 heteroatoms. The van der Waals surface area contributed by atoms with Crippen LogP contribution in [0.25, 0.3) is 0 Å². The Kier molecular flexibility index (Phi) is 5.06. The molecule has 2 amide bonds. The number of nitrogens with one attached hydrogen (secondary N) is 1. The number of hydrogen-bond acceptors (Lipinski definition) is 2. The minimum atomic E-state index is -0.284. The van der Waals surface area contributed by atoms with Gasteiger partial charge in [-0.2, -0.15) is 0 Å². The molecular weight excluding hydrogens is 202 g/mol. The summed E-state index contributed by atoms with van der Waals surface area (Å²) >= 11 is 0. The van der Waals surface area contributed by atoms with Crippen LogP contribution in [-0.4, -0.2) is 36.6 Å². The van der Waals surface area contributed by atoms with Gasteiger partial charge in [0.2, 0.25) is 0 Å². The van der Waals surface area contributed by atoms with E-state index >= 15 is 0 Å². The topological polar surface area (TPSA) is 58.4 Å². The molecule has 0 bridgehead atoms. The summed E-state index contributed by atoms with van der Waals surface area (Å²) in [6.45, 7) is 9.18. The molecule has 3 N–H and O–H groups in total. The minimum Gasteiger partial charge on any atom is -0.351 e. The first-order chi connectivity index (χ1) is 7.54. The van der Waals surface area contributed by atoms with E-state index in [1.54, 1.807) is 4.90 Å². The number of piperidine rings is 1. The molecule has 0 aromatic carbocycles. The maximum absolute atomic E-state index is 11.3. The standard InChI is InChI=1S/C12H25N3O/c1-4-5-14-11-6-10(9(2)3)7-15(8-11)12(13)16/h9-11,14H,4-8H2,1-3H3,(H2,13,16). The maximum atomic E-state index is 11.3. The summed E-state index contributed by atoms with van der Waals surface area (Å²) < 4.78 is 0. The summed E-state index contributed by atoms with van der Waals surface area (Å²) in [5, 5.41) is 3.49. The SMILES string of the molecule is CCCNC1CC(C(C)C)CN(C(N)=O)C1. The van der Waals surface area contributed by atoms with Gasteiger partial charge in [0.25, 0.3) is 0 Å². The Labute approximate surface area is 98.6 Å². The van der Waals surface area contributed by atoms with Crippen LogP contribution >= 0.6 is 0 Å². The third-order valence-electron chi connectivity index (χ3n) is 3.42. The van der Waals surface area contributed by atoms with Crippen molar-refractivity contribution in [1.29, 1.82) is 0 Å². The fraction of sp³-hybridized carbons (Fsp3) is 0.917. The van der Waals surface area contributed by atoms with E-state index in [4.69, 9.17) is 5.73 Å². The van der Waals surface area contributed by atoms with Crippen molar-refractivity contribution in [2.24, 2.45) is 17.6 Å². The number of carbonyl (C=O) groups excluding carboxylic acids is 1. The van der Waals surface area contributed by atoms with Crippen molar-refractivity contribution >= 4 is 6.03 Å². The van der Waals surface area contributed by atoms with Gasteiger partial charge in [-0.05, 0) is 31.2 Å². The number of amides is 2. The van der Waals surface area contributed by atoms with Gasteiger partial charge in [-0.25, -0.2) is 4.79 Å². The third kappa shape index (κ3) is 3.67. The molecule has 0 aromatic rings. The van der Waals surface area contributed by atoms with Crippen LogP contribution in [0.3, 0.4) is 0 Å². The van der Waals surface area contributed by atoms with Crippen LogP contribution in [0, 0.1) is 11.8 Å². The molecule has 2 atom stereocenters. The van der Waals surface area contributed by atoms with Crippen LogP contribution in [0.1, 0.15) is 33.6 Å². The van der Waals surface area contributed by atoms with Crippen LogP contribution in [-0.2, 0) is 0 Å². The lowest BCUT2D eigenvalue weighted by molar-refractivity contribution is 0.133. The van der Waals surface area contributed by atoms with E-state index in [9.17, 15) is 4.79 Å². The largest absolute Gasteiger partial charge is 0.351 e. The Morgan fingerprint density at radius 3 is 2.69 bits per heavy atom. The lowest BCUT2D eigenvalue weighted by Crippen LogP contribution is -2.53. The first-order valence-electron chi connectivity index (χ1n) is 6.32. The third-order valence-corrected chi connectivity index (χ3v) is 3.42. The van der Waals surface area contributed by atoms with Crippen LogP contribution in [0.4, 0.5) is 4.79 Å². The van der Waals surface area contributed by atoms with E-state index in [1.807, 2.05) is 0 Å². The molecule has 4 nitrogen and oxygen atoms in total. The summed E-state index contributed by atoms with van der Waals surface area (Å²) in [4.78, 5) is 13.0.